The molecule has 1 aliphatic carbocycles. The average molecular weight is 610 g/mol. The van der Waals surface area contributed by atoms with E-state index in [4.69, 9.17) is 11.6 Å². The van der Waals surface area contributed by atoms with Gasteiger partial charge in [0.15, 0.2) is 0 Å². The van der Waals surface area contributed by atoms with Crippen molar-refractivity contribution in [3.05, 3.63) is 94.5 Å². The van der Waals surface area contributed by atoms with Crippen LogP contribution in [0, 0.1) is 13.8 Å². The molecule has 42 heavy (non-hydrogen) atoms. The summed E-state index contributed by atoms with van der Waals surface area (Å²) in [5.74, 6) is -0.669. The van der Waals surface area contributed by atoms with Crippen LogP contribution in [0.4, 0.5) is 5.69 Å². The minimum absolute atomic E-state index is 0.0724. The van der Waals surface area contributed by atoms with Gasteiger partial charge in [0.1, 0.15) is 12.6 Å². The van der Waals surface area contributed by atoms with E-state index >= 15 is 0 Å². The zero-order chi connectivity index (χ0) is 30.3. The van der Waals surface area contributed by atoms with Crippen LogP contribution in [0.3, 0.4) is 0 Å². The SMILES string of the molecule is CC[C@H](C(=O)NC1CCCCC1)N(Cc1cccc(C)c1)C(=O)CN(c1ccc(Cl)cc1)S(=O)(=O)c1ccc(C)cc1. The van der Waals surface area contributed by atoms with Crippen molar-refractivity contribution in [2.24, 2.45) is 0 Å². The molecule has 0 bridgehead atoms. The monoisotopic (exact) mass is 609 g/mol. The van der Waals surface area contributed by atoms with Crippen LogP contribution in [-0.4, -0.2) is 43.8 Å². The molecule has 1 N–H and O–H groups in total. The second-order valence-electron chi connectivity index (χ2n) is 11.1. The highest BCUT2D eigenvalue weighted by molar-refractivity contribution is 7.92. The van der Waals surface area contributed by atoms with Gasteiger partial charge in [-0.3, -0.25) is 13.9 Å². The van der Waals surface area contributed by atoms with Crippen LogP contribution in [0.15, 0.2) is 77.7 Å². The van der Waals surface area contributed by atoms with Gasteiger partial charge in [-0.15, -0.1) is 0 Å². The van der Waals surface area contributed by atoms with Crippen LogP contribution in [0.5, 0.6) is 0 Å². The van der Waals surface area contributed by atoms with Crippen molar-refractivity contribution in [1.29, 1.82) is 0 Å². The number of anilines is 1. The Morgan fingerprint density at radius 2 is 1.60 bits per heavy atom. The van der Waals surface area contributed by atoms with E-state index < -0.39 is 28.5 Å². The molecule has 3 aromatic carbocycles. The van der Waals surface area contributed by atoms with Crippen molar-refractivity contribution in [2.75, 3.05) is 10.8 Å². The van der Waals surface area contributed by atoms with Crippen LogP contribution in [0.25, 0.3) is 0 Å². The quantitative estimate of drug-likeness (QED) is 0.272. The lowest BCUT2D eigenvalue weighted by Gasteiger charge is -2.34. The molecule has 0 unspecified atom stereocenters. The van der Waals surface area contributed by atoms with Crippen LogP contribution in [0.2, 0.25) is 5.02 Å². The van der Waals surface area contributed by atoms with Gasteiger partial charge in [0.2, 0.25) is 11.8 Å². The molecule has 0 heterocycles. The predicted molar refractivity (Wildman–Crippen MR) is 168 cm³/mol. The van der Waals surface area contributed by atoms with E-state index in [0.29, 0.717) is 17.1 Å². The first-order chi connectivity index (χ1) is 20.1. The third kappa shape index (κ3) is 7.92. The van der Waals surface area contributed by atoms with Gasteiger partial charge in [-0.2, -0.15) is 0 Å². The van der Waals surface area contributed by atoms with Gasteiger partial charge in [-0.1, -0.05) is 85.3 Å². The Kier molecular flexibility index (Phi) is 10.7. The number of nitrogens with one attached hydrogen (secondary N) is 1. The molecule has 3 aromatic rings. The number of carbonyl (C=O) groups is 2. The second-order valence-corrected chi connectivity index (χ2v) is 13.4. The number of amides is 2. The molecule has 224 valence electrons. The van der Waals surface area contributed by atoms with Crippen LogP contribution < -0.4 is 9.62 Å². The molecule has 2 amide bonds. The Hall–Kier alpha value is -3.36. The number of nitrogens with zero attached hydrogens (tertiary/aromatic N) is 2. The van der Waals surface area contributed by atoms with Crippen LogP contribution in [0.1, 0.15) is 62.1 Å². The predicted octanol–water partition coefficient (Wildman–Crippen LogP) is 6.41. The van der Waals surface area contributed by atoms with E-state index in [2.05, 4.69) is 5.32 Å². The summed E-state index contributed by atoms with van der Waals surface area (Å²) in [4.78, 5) is 29.5. The highest BCUT2D eigenvalue weighted by Gasteiger charge is 2.34. The molecule has 7 nitrogen and oxygen atoms in total. The number of aryl methyl sites for hydroxylation is 2. The summed E-state index contributed by atoms with van der Waals surface area (Å²) >= 11 is 6.11. The van der Waals surface area contributed by atoms with Crippen molar-refractivity contribution in [3.8, 4) is 0 Å². The number of sulfonamides is 1. The maximum absolute atomic E-state index is 14.2. The van der Waals surface area contributed by atoms with E-state index in [-0.39, 0.29) is 23.4 Å². The highest BCUT2D eigenvalue weighted by Crippen LogP contribution is 2.27. The molecular weight excluding hydrogens is 570 g/mol. The Morgan fingerprint density at radius 3 is 2.21 bits per heavy atom. The normalized spacial score (nSPS) is 14.7. The smallest absolute Gasteiger partial charge is 0.264 e. The van der Waals surface area contributed by atoms with E-state index in [0.717, 1.165) is 53.1 Å². The molecule has 0 radical (unpaired) electrons. The number of hydrogen-bond acceptors (Lipinski definition) is 4. The van der Waals surface area contributed by atoms with E-state index in [1.807, 2.05) is 45.0 Å². The summed E-state index contributed by atoms with van der Waals surface area (Å²) in [7, 11) is -4.13. The molecule has 0 spiro atoms. The number of halogens is 1. The Morgan fingerprint density at radius 1 is 0.929 bits per heavy atom. The number of carbonyl (C=O) groups excluding carboxylic acids is 2. The van der Waals surface area contributed by atoms with E-state index in [1.165, 1.54) is 17.0 Å². The molecule has 1 saturated carbocycles. The minimum Gasteiger partial charge on any atom is -0.352 e. The van der Waals surface area contributed by atoms with Crippen LogP contribution >= 0.6 is 11.6 Å². The van der Waals surface area contributed by atoms with Crippen molar-refractivity contribution < 1.29 is 18.0 Å². The first-order valence-electron chi connectivity index (χ1n) is 14.6. The molecule has 0 saturated heterocycles. The van der Waals surface area contributed by atoms with Gasteiger partial charge in [0, 0.05) is 17.6 Å². The lowest BCUT2D eigenvalue weighted by Crippen LogP contribution is -2.54. The zero-order valence-electron chi connectivity index (χ0n) is 24.6. The molecule has 4 rings (SSSR count). The summed E-state index contributed by atoms with van der Waals surface area (Å²) in [5, 5.41) is 3.62. The number of benzene rings is 3. The van der Waals surface area contributed by atoms with Gasteiger partial charge in [-0.05, 0) is 75.1 Å². The highest BCUT2D eigenvalue weighted by atomic mass is 35.5. The zero-order valence-corrected chi connectivity index (χ0v) is 26.1. The summed E-state index contributed by atoms with van der Waals surface area (Å²) in [5.41, 5.74) is 3.13. The first kappa shape index (κ1) is 31.6. The lowest BCUT2D eigenvalue weighted by molar-refractivity contribution is -0.140. The van der Waals surface area contributed by atoms with Gasteiger partial charge in [0.05, 0.1) is 10.6 Å². The summed E-state index contributed by atoms with van der Waals surface area (Å²) < 4.78 is 29.0. The molecule has 0 aromatic heterocycles. The molecule has 0 aliphatic heterocycles. The molecule has 1 aliphatic rings. The van der Waals surface area contributed by atoms with Gasteiger partial charge < -0.3 is 10.2 Å². The molecule has 1 fully saturated rings. The van der Waals surface area contributed by atoms with Gasteiger partial charge >= 0.3 is 0 Å². The fourth-order valence-electron chi connectivity index (χ4n) is 5.44. The maximum atomic E-state index is 14.2. The standard InChI is InChI=1S/C33H40ClN3O4S/c1-4-31(33(39)35-28-11-6-5-7-12-28)36(22-26-10-8-9-25(3)21-26)32(38)23-37(29-17-15-27(34)16-18-29)42(40,41)30-19-13-24(2)14-20-30/h8-10,13-21,28,31H,4-7,11-12,22-23H2,1-3H3,(H,35,39)/t31-/m1/s1. The largest absolute Gasteiger partial charge is 0.352 e. The summed E-state index contributed by atoms with van der Waals surface area (Å²) in [6.07, 6.45) is 5.54. The van der Waals surface area contributed by atoms with Crippen molar-refractivity contribution in [3.63, 3.8) is 0 Å². The fourth-order valence-corrected chi connectivity index (χ4v) is 6.98. The van der Waals surface area contributed by atoms with Gasteiger partial charge in [-0.25, -0.2) is 8.42 Å². The van der Waals surface area contributed by atoms with Crippen molar-refractivity contribution >= 4 is 39.1 Å². The Labute approximate surface area is 254 Å². The Bertz CT molecular complexity index is 1470. The van der Waals surface area contributed by atoms with Crippen molar-refractivity contribution in [1.82, 2.24) is 10.2 Å². The minimum atomic E-state index is -4.13. The Balaban J connectivity index is 1.70. The van der Waals surface area contributed by atoms with Crippen LogP contribution in [-0.2, 0) is 26.2 Å². The fraction of sp³-hybridized carbons (Fsp3) is 0.394. The van der Waals surface area contributed by atoms with Gasteiger partial charge in [0.25, 0.3) is 10.0 Å². The van der Waals surface area contributed by atoms with E-state index in [1.54, 1.807) is 36.4 Å². The topological polar surface area (TPSA) is 86.8 Å². The summed E-state index contributed by atoms with van der Waals surface area (Å²) in [6.45, 7) is 5.43. The van der Waals surface area contributed by atoms with Crippen molar-refractivity contribution in [2.45, 2.75) is 82.8 Å². The van der Waals surface area contributed by atoms with E-state index in [9.17, 15) is 18.0 Å². The second kappa shape index (κ2) is 14.2. The average Bonchev–Trinajstić information content (AvgIpc) is 2.97. The maximum Gasteiger partial charge on any atom is 0.264 e. The molecular formula is C33H40ClN3O4S. The molecule has 9 heteroatoms. The third-order valence-electron chi connectivity index (χ3n) is 7.78. The third-order valence-corrected chi connectivity index (χ3v) is 9.82. The molecule has 1 atom stereocenters. The lowest BCUT2D eigenvalue weighted by atomic mass is 9.95. The first-order valence-corrected chi connectivity index (χ1v) is 16.4. The summed E-state index contributed by atoms with van der Waals surface area (Å²) in [6, 6.07) is 20.0. The number of rotatable bonds is 11. The number of hydrogen-bond donors (Lipinski definition) is 1.